The van der Waals surface area contributed by atoms with E-state index in [4.69, 9.17) is 4.98 Å². The number of rotatable bonds is 5. The fraction of sp³-hybridized carbons (Fsp3) is 0.765. The maximum Gasteiger partial charge on any atom is 0.135 e. The highest BCUT2D eigenvalue weighted by molar-refractivity contribution is 5.59. The van der Waals surface area contributed by atoms with Gasteiger partial charge in [0.1, 0.15) is 17.5 Å². The smallest absolute Gasteiger partial charge is 0.135 e. The molecule has 0 aliphatic heterocycles. The number of hydrogen-bond acceptors (Lipinski definition) is 4. The third-order valence-corrected chi connectivity index (χ3v) is 5.33. The molecule has 0 bridgehead atoms. The van der Waals surface area contributed by atoms with Crippen molar-refractivity contribution >= 4 is 11.6 Å². The molecule has 118 valence electrons. The van der Waals surface area contributed by atoms with Crippen LogP contribution in [0.5, 0.6) is 0 Å². The maximum atomic E-state index is 4.76. The van der Waals surface area contributed by atoms with E-state index in [-0.39, 0.29) is 0 Å². The van der Waals surface area contributed by atoms with E-state index in [1.54, 1.807) is 0 Å². The van der Waals surface area contributed by atoms with Crippen molar-refractivity contribution in [3.63, 3.8) is 0 Å². The Hall–Kier alpha value is -1.32. The van der Waals surface area contributed by atoms with Crippen LogP contribution in [0.4, 0.5) is 11.6 Å². The minimum absolute atomic E-state index is 0.292. The van der Waals surface area contributed by atoms with E-state index in [2.05, 4.69) is 71.0 Å². The summed E-state index contributed by atoms with van der Waals surface area (Å²) >= 11 is 0. The van der Waals surface area contributed by atoms with Crippen LogP contribution in [0.25, 0.3) is 0 Å². The summed E-state index contributed by atoms with van der Waals surface area (Å²) < 4.78 is 0. The first-order chi connectivity index (χ1) is 9.62. The van der Waals surface area contributed by atoms with Crippen LogP contribution in [-0.4, -0.2) is 22.6 Å². The summed E-state index contributed by atoms with van der Waals surface area (Å²) in [5.74, 6) is 3.15. The highest BCUT2D eigenvalue weighted by Crippen LogP contribution is 2.63. The van der Waals surface area contributed by atoms with Gasteiger partial charge in [-0.25, -0.2) is 9.97 Å². The molecule has 0 aromatic carbocycles. The fourth-order valence-electron chi connectivity index (χ4n) is 2.97. The summed E-state index contributed by atoms with van der Waals surface area (Å²) in [5, 5.41) is 7.02. The van der Waals surface area contributed by atoms with Crippen LogP contribution >= 0.6 is 0 Å². The Morgan fingerprint density at radius 2 is 1.57 bits per heavy atom. The van der Waals surface area contributed by atoms with E-state index >= 15 is 0 Å². The summed E-state index contributed by atoms with van der Waals surface area (Å²) in [7, 11) is 0. The van der Waals surface area contributed by atoms with Gasteiger partial charge in [-0.3, -0.25) is 0 Å². The van der Waals surface area contributed by atoms with Crippen LogP contribution in [-0.2, 0) is 0 Å². The minimum atomic E-state index is 0.292. The first kappa shape index (κ1) is 16.1. The molecular formula is C17H30N4. The van der Waals surface area contributed by atoms with Gasteiger partial charge in [0, 0.05) is 24.1 Å². The highest BCUT2D eigenvalue weighted by Gasteiger charge is 2.65. The quantitative estimate of drug-likeness (QED) is 0.854. The lowest BCUT2D eigenvalue weighted by molar-refractivity contribution is 0.457. The molecule has 2 N–H and O–H groups in total. The predicted octanol–water partition coefficient (Wildman–Crippen LogP) is 4.19. The normalized spacial score (nSPS) is 19.7. The van der Waals surface area contributed by atoms with E-state index in [0.29, 0.717) is 22.8 Å². The number of aromatic nitrogens is 2. The average Bonchev–Trinajstić information content (AvgIpc) is 2.76. The summed E-state index contributed by atoms with van der Waals surface area (Å²) in [6.07, 6.45) is 0. The first-order valence-corrected chi connectivity index (χ1v) is 8.01. The van der Waals surface area contributed by atoms with Crippen LogP contribution in [0.1, 0.15) is 65.8 Å². The van der Waals surface area contributed by atoms with Gasteiger partial charge in [-0.15, -0.1) is 0 Å². The predicted molar refractivity (Wildman–Crippen MR) is 90.0 cm³/mol. The van der Waals surface area contributed by atoms with Crippen molar-refractivity contribution < 1.29 is 0 Å². The lowest BCUT2D eigenvalue weighted by Crippen LogP contribution is -2.16. The topological polar surface area (TPSA) is 49.8 Å². The molecule has 0 radical (unpaired) electrons. The van der Waals surface area contributed by atoms with Gasteiger partial charge in [0.05, 0.1) is 0 Å². The number of hydrogen-bond donors (Lipinski definition) is 2. The molecular weight excluding hydrogens is 260 g/mol. The summed E-state index contributed by atoms with van der Waals surface area (Å²) in [6.45, 7) is 18.6. The van der Waals surface area contributed by atoms with Gasteiger partial charge in [-0.1, -0.05) is 41.5 Å². The van der Waals surface area contributed by atoms with E-state index in [1.165, 1.54) is 0 Å². The van der Waals surface area contributed by atoms with Crippen molar-refractivity contribution in [1.82, 2.24) is 9.97 Å². The van der Waals surface area contributed by atoms with Gasteiger partial charge in [0.2, 0.25) is 0 Å². The standard InChI is InChI=1S/C17H30N4/c1-9-18-13-11(4)14(20-12(19-13)10(2)3)21-15-16(5,6)17(15,7)8/h10,15H,9H2,1-8H3,(H2,18,19,20,21). The van der Waals surface area contributed by atoms with Crippen LogP contribution in [0.3, 0.4) is 0 Å². The van der Waals surface area contributed by atoms with E-state index < -0.39 is 0 Å². The summed E-state index contributed by atoms with van der Waals surface area (Å²) in [4.78, 5) is 9.42. The molecule has 1 saturated carbocycles. The molecule has 21 heavy (non-hydrogen) atoms. The zero-order chi connectivity index (χ0) is 16.0. The van der Waals surface area contributed by atoms with Crippen LogP contribution < -0.4 is 10.6 Å². The second-order valence-electron chi connectivity index (χ2n) is 7.61. The van der Waals surface area contributed by atoms with Crippen molar-refractivity contribution in [2.75, 3.05) is 17.2 Å². The number of anilines is 2. The monoisotopic (exact) mass is 290 g/mol. The largest absolute Gasteiger partial charge is 0.370 e. The summed E-state index contributed by atoms with van der Waals surface area (Å²) in [5.41, 5.74) is 1.70. The first-order valence-electron chi connectivity index (χ1n) is 8.01. The Labute approximate surface area is 129 Å². The van der Waals surface area contributed by atoms with Gasteiger partial charge < -0.3 is 10.6 Å². The summed E-state index contributed by atoms with van der Waals surface area (Å²) in [6, 6.07) is 0.452. The molecule has 4 nitrogen and oxygen atoms in total. The molecule has 4 heteroatoms. The van der Waals surface area contributed by atoms with Crippen molar-refractivity contribution in [2.24, 2.45) is 10.8 Å². The lowest BCUT2D eigenvalue weighted by atomic mass is 10.0. The Morgan fingerprint density at radius 3 is 2.00 bits per heavy atom. The average molecular weight is 290 g/mol. The minimum Gasteiger partial charge on any atom is -0.370 e. The van der Waals surface area contributed by atoms with Gasteiger partial charge in [-0.2, -0.15) is 0 Å². The van der Waals surface area contributed by atoms with Gasteiger partial charge in [0.15, 0.2) is 0 Å². The Balaban J connectivity index is 2.35. The van der Waals surface area contributed by atoms with Crippen LogP contribution in [0, 0.1) is 17.8 Å². The van der Waals surface area contributed by atoms with Crippen molar-refractivity contribution in [1.29, 1.82) is 0 Å². The van der Waals surface area contributed by atoms with Gasteiger partial charge in [-0.05, 0) is 24.7 Å². The fourth-order valence-corrected chi connectivity index (χ4v) is 2.97. The molecule has 1 heterocycles. The van der Waals surface area contributed by atoms with Crippen molar-refractivity contribution in [2.45, 2.75) is 67.3 Å². The van der Waals surface area contributed by atoms with Gasteiger partial charge >= 0.3 is 0 Å². The van der Waals surface area contributed by atoms with Crippen LogP contribution in [0.2, 0.25) is 0 Å². The Morgan fingerprint density at radius 1 is 1.05 bits per heavy atom. The van der Waals surface area contributed by atoms with Crippen molar-refractivity contribution in [3.05, 3.63) is 11.4 Å². The molecule has 1 aliphatic rings. The molecule has 1 aromatic heterocycles. The highest BCUT2D eigenvalue weighted by atomic mass is 15.1. The van der Waals surface area contributed by atoms with E-state index in [0.717, 1.165) is 29.6 Å². The van der Waals surface area contributed by atoms with Crippen molar-refractivity contribution in [3.8, 4) is 0 Å². The zero-order valence-electron chi connectivity index (χ0n) is 14.8. The van der Waals surface area contributed by atoms with E-state index in [9.17, 15) is 0 Å². The molecule has 2 rings (SSSR count). The molecule has 1 fully saturated rings. The second-order valence-corrected chi connectivity index (χ2v) is 7.61. The molecule has 0 atom stereocenters. The molecule has 1 aromatic rings. The molecule has 1 aliphatic carbocycles. The molecule has 0 saturated heterocycles. The Kier molecular flexibility index (Phi) is 3.94. The zero-order valence-corrected chi connectivity index (χ0v) is 14.8. The third kappa shape index (κ3) is 2.60. The SMILES string of the molecule is CCNc1nc(C(C)C)nc(NC2C(C)(C)C2(C)C)c1C. The molecule has 0 amide bonds. The molecule has 0 spiro atoms. The lowest BCUT2D eigenvalue weighted by Gasteiger charge is -2.17. The molecule has 0 unspecified atom stereocenters. The third-order valence-electron chi connectivity index (χ3n) is 5.33. The number of nitrogens with one attached hydrogen (secondary N) is 2. The Bertz CT molecular complexity index is 518. The maximum absolute atomic E-state index is 4.76. The number of nitrogens with zero attached hydrogens (tertiary/aromatic N) is 2. The van der Waals surface area contributed by atoms with Crippen LogP contribution in [0.15, 0.2) is 0 Å². The van der Waals surface area contributed by atoms with Gasteiger partial charge in [0.25, 0.3) is 0 Å². The van der Waals surface area contributed by atoms with E-state index in [1.807, 2.05) is 0 Å². The second kappa shape index (κ2) is 5.15.